The number of carboxylic acid groups (broad SMARTS) is 1. The molecule has 0 aromatic rings. The van der Waals surface area contributed by atoms with Crippen molar-refractivity contribution in [1.82, 2.24) is 0 Å². The number of hydrogen-bond acceptors (Lipinski definition) is 3. The van der Waals surface area contributed by atoms with Crippen LogP contribution in [0.5, 0.6) is 0 Å². The molecule has 0 heterocycles. The predicted molar refractivity (Wildman–Crippen MR) is 163 cm³/mol. The maximum Gasteiger partial charge on any atom is 0.309 e. The van der Waals surface area contributed by atoms with Gasteiger partial charge in [-0.05, 0) is 19.8 Å². The molecule has 2 unspecified atom stereocenters. The lowest BCUT2D eigenvalue weighted by Gasteiger charge is -2.22. The second kappa shape index (κ2) is 28.9. The van der Waals surface area contributed by atoms with E-state index in [2.05, 4.69) is 13.8 Å². The van der Waals surface area contributed by atoms with Crippen LogP contribution in [0.25, 0.3) is 0 Å². The first-order chi connectivity index (χ1) is 18.6. The van der Waals surface area contributed by atoms with Crippen LogP contribution in [0.4, 0.5) is 0 Å². The van der Waals surface area contributed by atoms with Crippen LogP contribution in [0.15, 0.2) is 0 Å². The van der Waals surface area contributed by atoms with Gasteiger partial charge in [0.05, 0.1) is 18.4 Å². The van der Waals surface area contributed by atoms with Gasteiger partial charge in [-0.25, -0.2) is 0 Å². The molecule has 0 aliphatic rings. The average Bonchev–Trinajstić information content (AvgIpc) is 2.90. The van der Waals surface area contributed by atoms with E-state index >= 15 is 0 Å². The summed E-state index contributed by atoms with van der Waals surface area (Å²) in [5.41, 5.74) is 0. The van der Waals surface area contributed by atoms with Crippen molar-refractivity contribution in [1.29, 1.82) is 0 Å². The van der Waals surface area contributed by atoms with Gasteiger partial charge < -0.3 is 9.84 Å². The van der Waals surface area contributed by atoms with Crippen LogP contribution in [0.1, 0.15) is 188 Å². The molecule has 0 fully saturated rings. The van der Waals surface area contributed by atoms with E-state index < -0.39 is 17.8 Å². The summed E-state index contributed by atoms with van der Waals surface area (Å²) in [6.45, 7) is 6.64. The van der Waals surface area contributed by atoms with Crippen LogP contribution in [0.3, 0.4) is 0 Å². The Morgan fingerprint density at radius 1 is 0.474 bits per heavy atom. The molecule has 38 heavy (non-hydrogen) atoms. The van der Waals surface area contributed by atoms with Gasteiger partial charge in [-0.15, -0.1) is 0 Å². The summed E-state index contributed by atoms with van der Waals surface area (Å²) in [4.78, 5) is 24.7. The number of rotatable bonds is 30. The molecule has 4 nitrogen and oxygen atoms in total. The molecule has 0 aliphatic carbocycles. The highest BCUT2D eigenvalue weighted by molar-refractivity contribution is 5.81. The first-order valence-electron chi connectivity index (χ1n) is 17.0. The fourth-order valence-corrected chi connectivity index (χ4v) is 5.64. The Morgan fingerprint density at radius 3 is 1.05 bits per heavy atom. The third-order valence-corrected chi connectivity index (χ3v) is 8.13. The Morgan fingerprint density at radius 2 is 0.763 bits per heavy atom. The predicted octanol–water partition coefficient (Wildman–Crippen LogP) is 11.0. The van der Waals surface area contributed by atoms with Crippen molar-refractivity contribution >= 4 is 11.9 Å². The van der Waals surface area contributed by atoms with Crippen molar-refractivity contribution in [3.63, 3.8) is 0 Å². The van der Waals surface area contributed by atoms with E-state index in [0.717, 1.165) is 25.7 Å². The smallest absolute Gasteiger partial charge is 0.309 e. The molecule has 0 radical (unpaired) electrons. The lowest BCUT2D eigenvalue weighted by molar-refractivity contribution is -0.158. The minimum absolute atomic E-state index is 0.304. The van der Waals surface area contributed by atoms with Gasteiger partial charge in [-0.2, -0.15) is 0 Å². The molecule has 0 aromatic heterocycles. The van der Waals surface area contributed by atoms with Crippen LogP contribution in [-0.4, -0.2) is 23.7 Å². The lowest BCUT2D eigenvalue weighted by atomic mass is 9.83. The number of carbonyl (C=O) groups excluding carboxylic acids is 1. The number of unbranched alkanes of at least 4 members (excludes halogenated alkanes) is 22. The number of ether oxygens (including phenoxy) is 1. The molecule has 4 heteroatoms. The summed E-state index contributed by atoms with van der Waals surface area (Å²) in [5.74, 6) is -2.24. The third kappa shape index (κ3) is 22.9. The zero-order chi connectivity index (χ0) is 28.1. The largest absolute Gasteiger partial charge is 0.481 e. The first kappa shape index (κ1) is 36.9. The Kier molecular flexibility index (Phi) is 28.1. The topological polar surface area (TPSA) is 63.6 Å². The standard InChI is InChI=1S/C34H66O4/c1-4-7-9-11-13-15-17-19-21-23-25-27-29-31(33(35)36)32(34(37)38-6-3)30-28-26-24-22-20-18-16-14-12-10-8-5-2/h31-32H,4-30H2,1-3H3,(H,35,36). The first-order valence-corrected chi connectivity index (χ1v) is 17.0. The number of carboxylic acids is 1. The molecular formula is C34H66O4. The molecule has 0 rings (SSSR count). The van der Waals surface area contributed by atoms with E-state index in [1.807, 2.05) is 0 Å². The normalized spacial score (nSPS) is 12.9. The van der Waals surface area contributed by atoms with Crippen molar-refractivity contribution in [3.05, 3.63) is 0 Å². The zero-order valence-corrected chi connectivity index (χ0v) is 25.9. The zero-order valence-electron chi connectivity index (χ0n) is 25.9. The highest BCUT2D eigenvalue weighted by Gasteiger charge is 2.33. The van der Waals surface area contributed by atoms with Gasteiger partial charge in [0.1, 0.15) is 0 Å². The van der Waals surface area contributed by atoms with E-state index in [1.54, 1.807) is 6.92 Å². The Hall–Kier alpha value is -1.06. The summed E-state index contributed by atoms with van der Waals surface area (Å²) in [6.07, 6.45) is 31.6. The van der Waals surface area contributed by atoms with Gasteiger partial charge in [0.25, 0.3) is 0 Å². The van der Waals surface area contributed by atoms with Gasteiger partial charge in [0, 0.05) is 0 Å². The minimum atomic E-state index is -0.829. The summed E-state index contributed by atoms with van der Waals surface area (Å²) >= 11 is 0. The second-order valence-corrected chi connectivity index (χ2v) is 11.7. The lowest BCUT2D eigenvalue weighted by Crippen LogP contribution is -2.31. The molecule has 0 saturated carbocycles. The maximum absolute atomic E-state index is 12.7. The molecule has 0 saturated heterocycles. The Labute approximate surface area is 237 Å². The molecule has 0 aromatic carbocycles. The Bertz CT molecular complexity index is 519. The summed E-state index contributed by atoms with van der Waals surface area (Å²) < 4.78 is 5.30. The molecule has 0 bridgehead atoms. The van der Waals surface area contributed by atoms with Crippen LogP contribution in [0, 0.1) is 11.8 Å². The van der Waals surface area contributed by atoms with Crippen LogP contribution < -0.4 is 0 Å². The van der Waals surface area contributed by atoms with E-state index in [1.165, 1.54) is 128 Å². The van der Waals surface area contributed by atoms with Gasteiger partial charge in [0.2, 0.25) is 0 Å². The van der Waals surface area contributed by atoms with Crippen LogP contribution in [-0.2, 0) is 14.3 Å². The van der Waals surface area contributed by atoms with Gasteiger partial charge in [-0.3, -0.25) is 9.59 Å². The summed E-state index contributed by atoms with van der Waals surface area (Å²) in [6, 6.07) is 0. The van der Waals surface area contributed by atoms with Crippen molar-refractivity contribution in [2.45, 2.75) is 188 Å². The molecule has 0 amide bonds. The summed E-state index contributed by atoms with van der Waals surface area (Å²) in [7, 11) is 0. The second-order valence-electron chi connectivity index (χ2n) is 11.7. The highest BCUT2D eigenvalue weighted by Crippen LogP contribution is 2.27. The van der Waals surface area contributed by atoms with E-state index in [9.17, 15) is 14.7 Å². The molecule has 1 N–H and O–H groups in total. The third-order valence-electron chi connectivity index (χ3n) is 8.13. The molecule has 0 aliphatic heterocycles. The van der Waals surface area contributed by atoms with Gasteiger partial charge in [0.15, 0.2) is 0 Å². The minimum Gasteiger partial charge on any atom is -0.481 e. The number of aliphatic carboxylic acids is 1. The maximum atomic E-state index is 12.7. The van der Waals surface area contributed by atoms with Crippen molar-refractivity contribution in [2.75, 3.05) is 6.61 Å². The molecular weight excluding hydrogens is 472 g/mol. The quantitative estimate of drug-likeness (QED) is 0.0729. The molecule has 226 valence electrons. The molecule has 0 spiro atoms. The average molecular weight is 539 g/mol. The van der Waals surface area contributed by atoms with E-state index in [0.29, 0.717) is 19.4 Å². The summed E-state index contributed by atoms with van der Waals surface area (Å²) in [5, 5.41) is 9.92. The monoisotopic (exact) mass is 538 g/mol. The Balaban J connectivity index is 4.12. The number of esters is 1. The van der Waals surface area contributed by atoms with Crippen molar-refractivity contribution in [2.24, 2.45) is 11.8 Å². The fourth-order valence-electron chi connectivity index (χ4n) is 5.64. The molecule has 2 atom stereocenters. The van der Waals surface area contributed by atoms with E-state index in [4.69, 9.17) is 4.74 Å². The van der Waals surface area contributed by atoms with Gasteiger partial charge >= 0.3 is 11.9 Å². The fraction of sp³-hybridized carbons (Fsp3) is 0.941. The number of hydrogen-bond donors (Lipinski definition) is 1. The van der Waals surface area contributed by atoms with Gasteiger partial charge in [-0.1, -0.05) is 168 Å². The van der Waals surface area contributed by atoms with Crippen molar-refractivity contribution in [3.8, 4) is 0 Å². The van der Waals surface area contributed by atoms with E-state index in [-0.39, 0.29) is 5.97 Å². The van der Waals surface area contributed by atoms with Crippen LogP contribution >= 0.6 is 0 Å². The number of carbonyl (C=O) groups is 2. The SMILES string of the molecule is CCCCCCCCCCCCCCC(C(=O)O)C(CCCCCCCCCCCCCC)C(=O)OCC. The van der Waals surface area contributed by atoms with Crippen LogP contribution in [0.2, 0.25) is 0 Å². The highest BCUT2D eigenvalue weighted by atomic mass is 16.5. The van der Waals surface area contributed by atoms with Crippen molar-refractivity contribution < 1.29 is 19.4 Å².